The number of rotatable bonds is 4. The summed E-state index contributed by atoms with van der Waals surface area (Å²) in [6.07, 6.45) is 3.08. The normalized spacial score (nSPS) is 15.7. The number of hydrogen-bond donors (Lipinski definition) is 1. The van der Waals surface area contributed by atoms with Crippen LogP contribution in [0.2, 0.25) is 0 Å². The molecule has 1 saturated carbocycles. The highest BCUT2D eigenvalue weighted by Gasteiger charge is 2.52. The Labute approximate surface area is 116 Å². The van der Waals surface area contributed by atoms with Crippen LogP contribution in [0.4, 0.5) is 4.39 Å². The van der Waals surface area contributed by atoms with Crippen molar-refractivity contribution in [3.05, 3.63) is 65.7 Å². The summed E-state index contributed by atoms with van der Waals surface area (Å²) in [4.78, 5) is 16.5. The Morgan fingerprint density at radius 3 is 2.60 bits per heavy atom. The Morgan fingerprint density at radius 2 is 1.95 bits per heavy atom. The predicted molar refractivity (Wildman–Crippen MR) is 73.4 cm³/mol. The summed E-state index contributed by atoms with van der Waals surface area (Å²) in [6, 6.07) is 12.1. The maximum Gasteiger partial charge on any atom is 0.231 e. The molecule has 20 heavy (non-hydrogen) atoms. The molecule has 0 radical (unpaired) electrons. The van der Waals surface area contributed by atoms with Crippen LogP contribution >= 0.6 is 0 Å². The zero-order valence-electron chi connectivity index (χ0n) is 11.0. The van der Waals surface area contributed by atoms with Crippen molar-refractivity contribution in [3.63, 3.8) is 0 Å². The Morgan fingerprint density at radius 1 is 1.20 bits per heavy atom. The SMILES string of the molecule is O=C(NCc1ccccn1)C1(c2ccccc2F)CC1. The molecule has 3 nitrogen and oxygen atoms in total. The summed E-state index contributed by atoms with van der Waals surface area (Å²) in [7, 11) is 0. The van der Waals surface area contributed by atoms with Crippen LogP contribution < -0.4 is 5.32 Å². The van der Waals surface area contributed by atoms with E-state index >= 15 is 0 Å². The number of nitrogens with zero attached hydrogens (tertiary/aromatic N) is 1. The van der Waals surface area contributed by atoms with Crippen LogP contribution in [0, 0.1) is 5.82 Å². The lowest BCUT2D eigenvalue weighted by Crippen LogP contribution is -2.35. The molecular weight excluding hydrogens is 255 g/mol. The third kappa shape index (κ3) is 2.29. The zero-order chi connectivity index (χ0) is 14.0. The number of carbonyl (C=O) groups is 1. The molecule has 0 aliphatic heterocycles. The van der Waals surface area contributed by atoms with E-state index in [1.54, 1.807) is 24.4 Å². The second kappa shape index (κ2) is 5.04. The summed E-state index contributed by atoms with van der Waals surface area (Å²) in [6.45, 7) is 0.371. The second-order valence-corrected chi connectivity index (χ2v) is 5.07. The van der Waals surface area contributed by atoms with Crippen molar-refractivity contribution in [1.82, 2.24) is 10.3 Å². The maximum atomic E-state index is 13.9. The van der Waals surface area contributed by atoms with Gasteiger partial charge in [0, 0.05) is 11.8 Å². The van der Waals surface area contributed by atoms with Gasteiger partial charge in [-0.1, -0.05) is 24.3 Å². The van der Waals surface area contributed by atoms with Gasteiger partial charge in [0.25, 0.3) is 0 Å². The summed E-state index contributed by atoms with van der Waals surface area (Å²) >= 11 is 0. The fraction of sp³-hybridized carbons (Fsp3) is 0.250. The van der Waals surface area contributed by atoms with Crippen molar-refractivity contribution in [2.45, 2.75) is 24.8 Å². The molecule has 1 aromatic heterocycles. The molecule has 0 spiro atoms. The molecule has 1 amide bonds. The lowest BCUT2D eigenvalue weighted by atomic mass is 9.94. The van der Waals surface area contributed by atoms with Gasteiger partial charge < -0.3 is 5.32 Å². The Hall–Kier alpha value is -2.23. The fourth-order valence-electron chi connectivity index (χ4n) is 2.44. The number of nitrogens with one attached hydrogen (secondary N) is 1. The van der Waals surface area contributed by atoms with Gasteiger partial charge >= 0.3 is 0 Å². The number of benzene rings is 1. The van der Waals surface area contributed by atoms with Gasteiger partial charge in [0.05, 0.1) is 17.7 Å². The zero-order valence-corrected chi connectivity index (χ0v) is 11.0. The quantitative estimate of drug-likeness (QED) is 0.927. The summed E-state index contributed by atoms with van der Waals surface area (Å²) < 4.78 is 13.9. The minimum Gasteiger partial charge on any atom is -0.350 e. The van der Waals surface area contributed by atoms with E-state index in [9.17, 15) is 9.18 Å². The molecular formula is C16H15FN2O. The van der Waals surface area contributed by atoms with E-state index in [-0.39, 0.29) is 11.7 Å². The van der Waals surface area contributed by atoms with E-state index in [1.807, 2.05) is 18.2 Å². The van der Waals surface area contributed by atoms with Gasteiger partial charge in [-0.05, 0) is 31.0 Å². The number of aromatic nitrogens is 1. The first-order chi connectivity index (χ1) is 9.72. The largest absolute Gasteiger partial charge is 0.350 e. The predicted octanol–water partition coefficient (Wildman–Crippen LogP) is 2.57. The molecule has 1 N–H and O–H groups in total. The van der Waals surface area contributed by atoms with Gasteiger partial charge in [0.2, 0.25) is 5.91 Å². The Kier molecular flexibility index (Phi) is 3.22. The lowest BCUT2D eigenvalue weighted by molar-refractivity contribution is -0.123. The first-order valence-corrected chi connectivity index (χ1v) is 6.66. The lowest BCUT2D eigenvalue weighted by Gasteiger charge is -2.16. The molecule has 1 aliphatic carbocycles. The first-order valence-electron chi connectivity index (χ1n) is 6.66. The van der Waals surface area contributed by atoms with Gasteiger partial charge in [-0.2, -0.15) is 0 Å². The van der Waals surface area contributed by atoms with Crippen molar-refractivity contribution < 1.29 is 9.18 Å². The Balaban J connectivity index is 1.73. The monoisotopic (exact) mass is 270 g/mol. The fourth-order valence-corrected chi connectivity index (χ4v) is 2.44. The van der Waals surface area contributed by atoms with E-state index in [2.05, 4.69) is 10.3 Å². The van der Waals surface area contributed by atoms with Crippen molar-refractivity contribution in [2.75, 3.05) is 0 Å². The average molecular weight is 270 g/mol. The number of amides is 1. The van der Waals surface area contributed by atoms with Crippen LogP contribution in [0.3, 0.4) is 0 Å². The molecule has 4 heteroatoms. The molecule has 0 saturated heterocycles. The molecule has 1 aliphatic rings. The van der Waals surface area contributed by atoms with Crippen molar-refractivity contribution in [1.29, 1.82) is 0 Å². The first kappa shape index (κ1) is 12.8. The molecule has 1 fully saturated rings. The Bertz CT molecular complexity index is 623. The third-order valence-corrected chi connectivity index (χ3v) is 3.73. The van der Waals surface area contributed by atoms with E-state index in [0.29, 0.717) is 24.9 Å². The average Bonchev–Trinajstić information content (AvgIpc) is 3.28. The van der Waals surface area contributed by atoms with E-state index in [4.69, 9.17) is 0 Å². The van der Waals surface area contributed by atoms with E-state index in [1.165, 1.54) is 6.07 Å². The van der Waals surface area contributed by atoms with Gasteiger partial charge in [-0.15, -0.1) is 0 Å². The van der Waals surface area contributed by atoms with E-state index < -0.39 is 5.41 Å². The second-order valence-electron chi connectivity index (χ2n) is 5.07. The highest BCUT2D eigenvalue weighted by molar-refractivity contribution is 5.91. The third-order valence-electron chi connectivity index (χ3n) is 3.73. The molecule has 0 bridgehead atoms. The standard InChI is InChI=1S/C16H15FN2O/c17-14-7-2-1-6-13(14)16(8-9-16)15(20)19-11-12-5-3-4-10-18-12/h1-7,10H,8-9,11H2,(H,19,20). The highest BCUT2D eigenvalue weighted by Crippen LogP contribution is 2.49. The highest BCUT2D eigenvalue weighted by atomic mass is 19.1. The van der Waals surface area contributed by atoms with Gasteiger partial charge in [-0.25, -0.2) is 4.39 Å². The van der Waals surface area contributed by atoms with Crippen molar-refractivity contribution >= 4 is 5.91 Å². The molecule has 2 aromatic rings. The number of pyridine rings is 1. The van der Waals surface area contributed by atoms with Gasteiger partial charge in [0.15, 0.2) is 0 Å². The number of halogens is 1. The van der Waals surface area contributed by atoms with Crippen LogP contribution in [0.15, 0.2) is 48.7 Å². The van der Waals surface area contributed by atoms with Crippen LogP contribution in [0.1, 0.15) is 24.1 Å². The van der Waals surface area contributed by atoms with Gasteiger partial charge in [0.1, 0.15) is 5.82 Å². The minimum atomic E-state index is -0.680. The summed E-state index contributed by atoms with van der Waals surface area (Å²) in [5.41, 5.74) is 0.615. The van der Waals surface area contributed by atoms with Crippen molar-refractivity contribution in [2.24, 2.45) is 0 Å². The van der Waals surface area contributed by atoms with Gasteiger partial charge in [-0.3, -0.25) is 9.78 Å². The smallest absolute Gasteiger partial charge is 0.231 e. The maximum absolute atomic E-state index is 13.9. The van der Waals surface area contributed by atoms with E-state index in [0.717, 1.165) is 5.69 Å². The van der Waals surface area contributed by atoms with Crippen LogP contribution in [-0.4, -0.2) is 10.9 Å². The number of carbonyl (C=O) groups excluding carboxylic acids is 1. The van der Waals surface area contributed by atoms with Crippen LogP contribution in [-0.2, 0) is 16.8 Å². The molecule has 1 heterocycles. The molecule has 0 unspecified atom stereocenters. The summed E-state index contributed by atoms with van der Waals surface area (Å²) in [5.74, 6) is -0.425. The van der Waals surface area contributed by atoms with Crippen LogP contribution in [0.5, 0.6) is 0 Å². The molecule has 3 rings (SSSR count). The molecule has 102 valence electrons. The van der Waals surface area contributed by atoms with Crippen molar-refractivity contribution in [3.8, 4) is 0 Å². The van der Waals surface area contributed by atoms with Crippen LogP contribution in [0.25, 0.3) is 0 Å². The molecule has 1 aromatic carbocycles. The molecule has 0 atom stereocenters. The minimum absolute atomic E-state index is 0.117. The number of hydrogen-bond acceptors (Lipinski definition) is 2. The topological polar surface area (TPSA) is 42.0 Å². The summed E-state index contributed by atoms with van der Waals surface area (Å²) in [5, 5.41) is 2.86.